The maximum Gasteiger partial charge on any atom is 0.351 e. The van der Waals surface area contributed by atoms with Gasteiger partial charge in [-0.05, 0) is 5.56 Å². The second kappa shape index (κ2) is 7.07. The largest absolute Gasteiger partial charge is 0.465 e. The van der Waals surface area contributed by atoms with Gasteiger partial charge in [0.25, 0.3) is 0 Å². The number of nitrogens with one attached hydrogen (secondary N) is 1. The maximum atomic E-state index is 11.4. The van der Waals surface area contributed by atoms with E-state index in [1.807, 2.05) is 42.5 Å². The Balaban J connectivity index is 1.92. The molecule has 1 N–H and O–H groups in total. The molecule has 0 unspecified atom stereocenters. The average Bonchev–Trinajstić information content (AvgIpc) is 2.85. The standard InChI is InChI=1S/C14H13ClN2O2S/c1-19-13(18)11-12(15)17-14(20-11)16-9-5-8-10-6-3-2-4-7-10/h2-8H,9H2,1H3,(H,16,17)/b8-5+. The van der Waals surface area contributed by atoms with E-state index in [2.05, 4.69) is 15.0 Å². The molecule has 0 aliphatic heterocycles. The molecule has 0 spiro atoms. The smallest absolute Gasteiger partial charge is 0.351 e. The highest BCUT2D eigenvalue weighted by Crippen LogP contribution is 2.27. The number of thiazole rings is 1. The van der Waals surface area contributed by atoms with Gasteiger partial charge < -0.3 is 10.1 Å². The van der Waals surface area contributed by atoms with E-state index >= 15 is 0 Å². The van der Waals surface area contributed by atoms with Crippen LogP contribution in [0.15, 0.2) is 36.4 Å². The number of carbonyl (C=O) groups excluding carboxylic acids is 1. The molecule has 0 atom stereocenters. The Morgan fingerprint density at radius 1 is 1.45 bits per heavy atom. The SMILES string of the molecule is COC(=O)c1sc(NC/C=C/c2ccccc2)nc1Cl. The summed E-state index contributed by atoms with van der Waals surface area (Å²) in [6, 6.07) is 9.98. The molecule has 1 aromatic heterocycles. The minimum absolute atomic E-state index is 0.163. The van der Waals surface area contributed by atoms with Crippen LogP contribution >= 0.6 is 22.9 Å². The van der Waals surface area contributed by atoms with Gasteiger partial charge in [0.15, 0.2) is 15.2 Å². The Morgan fingerprint density at radius 2 is 2.20 bits per heavy atom. The summed E-state index contributed by atoms with van der Waals surface area (Å²) in [4.78, 5) is 15.8. The molecule has 0 saturated carbocycles. The lowest BCUT2D eigenvalue weighted by Gasteiger charge is -1.96. The molecule has 0 amide bonds. The van der Waals surface area contributed by atoms with Crippen LogP contribution in [0.4, 0.5) is 5.13 Å². The number of esters is 1. The highest BCUT2D eigenvalue weighted by atomic mass is 35.5. The number of anilines is 1. The molecule has 1 heterocycles. The molecule has 6 heteroatoms. The van der Waals surface area contributed by atoms with Gasteiger partial charge in [-0.1, -0.05) is 65.4 Å². The van der Waals surface area contributed by atoms with Crippen LogP contribution in [0.3, 0.4) is 0 Å². The van der Waals surface area contributed by atoms with Crippen molar-refractivity contribution in [3.05, 3.63) is 52.0 Å². The van der Waals surface area contributed by atoms with Gasteiger partial charge in [-0.15, -0.1) is 0 Å². The lowest BCUT2D eigenvalue weighted by Crippen LogP contribution is -1.98. The first-order chi connectivity index (χ1) is 9.70. The fourth-order valence-electron chi connectivity index (χ4n) is 1.50. The predicted molar refractivity (Wildman–Crippen MR) is 82.4 cm³/mol. The van der Waals surface area contributed by atoms with Crippen molar-refractivity contribution in [1.29, 1.82) is 0 Å². The number of hydrogen-bond acceptors (Lipinski definition) is 5. The summed E-state index contributed by atoms with van der Waals surface area (Å²) < 4.78 is 4.62. The summed E-state index contributed by atoms with van der Waals surface area (Å²) in [6.07, 6.45) is 3.98. The predicted octanol–water partition coefficient (Wildman–Crippen LogP) is 3.71. The number of hydrogen-bond donors (Lipinski definition) is 1. The van der Waals surface area contributed by atoms with E-state index in [1.54, 1.807) is 0 Å². The number of ether oxygens (including phenoxy) is 1. The summed E-state index contributed by atoms with van der Waals surface area (Å²) in [5.74, 6) is -0.472. The number of halogens is 1. The van der Waals surface area contributed by atoms with Crippen molar-refractivity contribution in [3.8, 4) is 0 Å². The Labute approximate surface area is 126 Å². The first kappa shape index (κ1) is 14.6. The molecular weight excluding hydrogens is 296 g/mol. The fraction of sp³-hybridized carbons (Fsp3) is 0.143. The van der Waals surface area contributed by atoms with Gasteiger partial charge >= 0.3 is 5.97 Å². The number of aromatic nitrogens is 1. The van der Waals surface area contributed by atoms with E-state index in [-0.39, 0.29) is 5.15 Å². The minimum atomic E-state index is -0.472. The molecule has 0 aliphatic rings. The van der Waals surface area contributed by atoms with E-state index in [4.69, 9.17) is 11.6 Å². The number of carbonyl (C=O) groups is 1. The lowest BCUT2D eigenvalue weighted by atomic mass is 10.2. The molecular formula is C14H13ClN2O2S. The van der Waals surface area contributed by atoms with Gasteiger partial charge in [0, 0.05) is 6.54 Å². The van der Waals surface area contributed by atoms with Crippen molar-refractivity contribution in [1.82, 2.24) is 4.98 Å². The summed E-state index contributed by atoms with van der Waals surface area (Å²) in [5.41, 5.74) is 1.13. The monoisotopic (exact) mass is 308 g/mol. The van der Waals surface area contributed by atoms with Gasteiger partial charge in [0.2, 0.25) is 0 Å². The zero-order valence-corrected chi connectivity index (χ0v) is 12.4. The van der Waals surface area contributed by atoms with Gasteiger partial charge in [-0.2, -0.15) is 0 Å². The Bertz CT molecular complexity index is 611. The molecule has 20 heavy (non-hydrogen) atoms. The van der Waals surface area contributed by atoms with Gasteiger partial charge in [0.05, 0.1) is 7.11 Å². The number of methoxy groups -OCH3 is 1. The van der Waals surface area contributed by atoms with E-state index in [0.717, 1.165) is 5.56 Å². The van der Waals surface area contributed by atoms with Crippen molar-refractivity contribution in [2.24, 2.45) is 0 Å². The van der Waals surface area contributed by atoms with E-state index in [9.17, 15) is 4.79 Å². The van der Waals surface area contributed by atoms with Crippen LogP contribution in [0, 0.1) is 0 Å². The molecule has 4 nitrogen and oxygen atoms in total. The number of benzene rings is 1. The Morgan fingerprint density at radius 3 is 2.90 bits per heavy atom. The maximum absolute atomic E-state index is 11.4. The average molecular weight is 309 g/mol. The fourth-order valence-corrected chi connectivity index (χ4v) is 2.61. The summed E-state index contributed by atoms with van der Waals surface area (Å²) in [6.45, 7) is 0.597. The van der Waals surface area contributed by atoms with Crippen LogP contribution in [0.1, 0.15) is 15.2 Å². The van der Waals surface area contributed by atoms with Crippen LogP contribution in [0.25, 0.3) is 6.08 Å². The number of nitrogens with zero attached hydrogens (tertiary/aromatic N) is 1. The Kier molecular flexibility index (Phi) is 5.15. The van der Waals surface area contributed by atoms with Gasteiger partial charge in [0.1, 0.15) is 0 Å². The molecule has 2 rings (SSSR count). The van der Waals surface area contributed by atoms with Crippen molar-refractivity contribution >= 4 is 40.1 Å². The second-order valence-electron chi connectivity index (χ2n) is 3.82. The molecule has 2 aromatic rings. The van der Waals surface area contributed by atoms with Crippen LogP contribution in [0.5, 0.6) is 0 Å². The molecule has 0 saturated heterocycles. The van der Waals surface area contributed by atoms with Crippen molar-refractivity contribution in [2.75, 3.05) is 19.0 Å². The van der Waals surface area contributed by atoms with Gasteiger partial charge in [-0.3, -0.25) is 0 Å². The summed E-state index contributed by atoms with van der Waals surface area (Å²) >= 11 is 7.04. The first-order valence-electron chi connectivity index (χ1n) is 5.91. The normalized spacial score (nSPS) is 10.7. The molecule has 0 radical (unpaired) electrons. The van der Waals surface area contributed by atoms with Crippen LogP contribution in [0.2, 0.25) is 5.15 Å². The number of rotatable bonds is 5. The highest BCUT2D eigenvalue weighted by molar-refractivity contribution is 7.18. The quantitative estimate of drug-likeness (QED) is 0.856. The lowest BCUT2D eigenvalue weighted by molar-refractivity contribution is 0.0606. The van der Waals surface area contributed by atoms with Crippen molar-refractivity contribution in [3.63, 3.8) is 0 Å². The third-order valence-corrected chi connectivity index (χ3v) is 3.82. The topological polar surface area (TPSA) is 51.2 Å². The zero-order chi connectivity index (χ0) is 14.4. The molecule has 0 aliphatic carbocycles. The third kappa shape index (κ3) is 3.82. The summed E-state index contributed by atoms with van der Waals surface area (Å²) in [7, 11) is 1.31. The molecule has 1 aromatic carbocycles. The van der Waals surface area contributed by atoms with Crippen molar-refractivity contribution in [2.45, 2.75) is 0 Å². The van der Waals surface area contributed by atoms with Crippen LogP contribution < -0.4 is 5.32 Å². The van der Waals surface area contributed by atoms with Crippen molar-refractivity contribution < 1.29 is 9.53 Å². The van der Waals surface area contributed by atoms with E-state index in [0.29, 0.717) is 16.6 Å². The second-order valence-corrected chi connectivity index (χ2v) is 5.18. The van der Waals surface area contributed by atoms with Gasteiger partial charge in [-0.25, -0.2) is 9.78 Å². The molecule has 0 fully saturated rings. The van der Waals surface area contributed by atoms with Crippen LogP contribution in [-0.4, -0.2) is 24.6 Å². The highest BCUT2D eigenvalue weighted by Gasteiger charge is 2.16. The third-order valence-electron chi connectivity index (χ3n) is 2.44. The van der Waals surface area contributed by atoms with E-state index < -0.39 is 5.97 Å². The Hall–Kier alpha value is -1.85. The minimum Gasteiger partial charge on any atom is -0.465 e. The molecule has 0 bridgehead atoms. The van der Waals surface area contributed by atoms with E-state index in [1.165, 1.54) is 18.4 Å². The summed E-state index contributed by atoms with van der Waals surface area (Å²) in [5, 5.41) is 3.84. The molecule has 104 valence electrons. The zero-order valence-electron chi connectivity index (χ0n) is 10.8. The van der Waals surface area contributed by atoms with Crippen LogP contribution in [-0.2, 0) is 4.74 Å². The first-order valence-corrected chi connectivity index (χ1v) is 7.10.